The van der Waals surface area contributed by atoms with E-state index < -0.39 is 0 Å². The van der Waals surface area contributed by atoms with Crippen LogP contribution < -0.4 is 10.6 Å². The zero-order valence-corrected chi connectivity index (χ0v) is 10.4. The lowest BCUT2D eigenvalue weighted by Crippen LogP contribution is -2.28. The highest BCUT2D eigenvalue weighted by Crippen LogP contribution is 2.02. The molecule has 0 saturated carbocycles. The minimum atomic E-state index is 0.619. The van der Waals surface area contributed by atoms with E-state index in [0.29, 0.717) is 6.04 Å². The standard InChI is InChI=1S/C12H28N2/c1-5-7-12(4)10-13-8-6-9-14-11(2)3/h11-14H,5-10H2,1-4H3. The average molecular weight is 200 g/mol. The molecule has 0 bridgehead atoms. The molecule has 0 aromatic carbocycles. The van der Waals surface area contributed by atoms with Crippen molar-refractivity contribution in [1.29, 1.82) is 0 Å². The summed E-state index contributed by atoms with van der Waals surface area (Å²) in [5.41, 5.74) is 0. The molecule has 2 heteroatoms. The van der Waals surface area contributed by atoms with Crippen molar-refractivity contribution >= 4 is 0 Å². The Labute approximate surface area is 89.9 Å². The van der Waals surface area contributed by atoms with Gasteiger partial charge >= 0.3 is 0 Å². The van der Waals surface area contributed by atoms with Crippen molar-refractivity contribution in [3.05, 3.63) is 0 Å². The summed E-state index contributed by atoms with van der Waals surface area (Å²) in [6.45, 7) is 12.4. The Balaban J connectivity index is 3.05. The summed E-state index contributed by atoms with van der Waals surface area (Å²) in [6, 6.07) is 0.619. The molecule has 0 aliphatic rings. The van der Waals surface area contributed by atoms with Crippen molar-refractivity contribution in [2.24, 2.45) is 5.92 Å². The first-order valence-electron chi connectivity index (χ1n) is 6.10. The van der Waals surface area contributed by atoms with Crippen molar-refractivity contribution in [3.8, 4) is 0 Å². The van der Waals surface area contributed by atoms with E-state index in [-0.39, 0.29) is 0 Å². The van der Waals surface area contributed by atoms with Crippen LogP contribution in [0.5, 0.6) is 0 Å². The molecule has 0 aromatic rings. The average Bonchev–Trinajstić information content (AvgIpc) is 2.11. The van der Waals surface area contributed by atoms with E-state index in [1.807, 2.05) is 0 Å². The van der Waals surface area contributed by atoms with E-state index >= 15 is 0 Å². The lowest BCUT2D eigenvalue weighted by atomic mass is 10.1. The predicted molar refractivity (Wildman–Crippen MR) is 64.7 cm³/mol. The van der Waals surface area contributed by atoms with Crippen LogP contribution in [0.15, 0.2) is 0 Å². The first-order chi connectivity index (χ1) is 6.66. The molecule has 86 valence electrons. The van der Waals surface area contributed by atoms with Crippen molar-refractivity contribution in [1.82, 2.24) is 10.6 Å². The molecule has 1 atom stereocenters. The Morgan fingerprint density at radius 3 is 2.36 bits per heavy atom. The second-order valence-corrected chi connectivity index (χ2v) is 4.56. The molecular weight excluding hydrogens is 172 g/mol. The Kier molecular flexibility index (Phi) is 9.42. The summed E-state index contributed by atoms with van der Waals surface area (Å²) in [6.07, 6.45) is 3.88. The van der Waals surface area contributed by atoms with Crippen molar-refractivity contribution < 1.29 is 0 Å². The maximum absolute atomic E-state index is 3.50. The van der Waals surface area contributed by atoms with Crippen LogP contribution >= 0.6 is 0 Å². The predicted octanol–water partition coefficient (Wildman–Crippen LogP) is 2.40. The molecule has 0 aliphatic heterocycles. The Hall–Kier alpha value is -0.0800. The van der Waals surface area contributed by atoms with Gasteiger partial charge in [-0.25, -0.2) is 0 Å². The molecule has 0 radical (unpaired) electrons. The molecule has 1 unspecified atom stereocenters. The molecule has 0 fully saturated rings. The molecule has 2 nitrogen and oxygen atoms in total. The molecule has 0 aromatic heterocycles. The minimum Gasteiger partial charge on any atom is -0.316 e. The number of rotatable bonds is 9. The third kappa shape index (κ3) is 10.0. The van der Waals surface area contributed by atoms with Crippen LogP contribution in [0.1, 0.15) is 47.0 Å². The summed E-state index contributed by atoms with van der Waals surface area (Å²) in [4.78, 5) is 0. The third-order valence-corrected chi connectivity index (χ3v) is 2.36. The monoisotopic (exact) mass is 200 g/mol. The first-order valence-corrected chi connectivity index (χ1v) is 6.10. The summed E-state index contributed by atoms with van der Waals surface area (Å²) in [5.74, 6) is 0.832. The van der Waals surface area contributed by atoms with E-state index in [9.17, 15) is 0 Å². The normalized spacial score (nSPS) is 13.5. The lowest BCUT2D eigenvalue weighted by molar-refractivity contribution is 0.465. The Morgan fingerprint density at radius 1 is 1.07 bits per heavy atom. The summed E-state index contributed by atoms with van der Waals surface area (Å²) in [7, 11) is 0. The van der Waals surface area contributed by atoms with Gasteiger partial charge in [-0.2, -0.15) is 0 Å². The van der Waals surface area contributed by atoms with Gasteiger partial charge in [0.1, 0.15) is 0 Å². The molecule has 0 aliphatic carbocycles. The maximum atomic E-state index is 3.50. The molecule has 0 saturated heterocycles. The molecule has 0 heterocycles. The SMILES string of the molecule is CCCC(C)CNCCCNC(C)C. The first kappa shape index (κ1) is 13.9. The minimum absolute atomic E-state index is 0.619. The maximum Gasteiger partial charge on any atom is 0.00103 e. The van der Waals surface area contributed by atoms with Crippen molar-refractivity contribution in [3.63, 3.8) is 0 Å². The summed E-state index contributed by atoms with van der Waals surface area (Å²) < 4.78 is 0. The van der Waals surface area contributed by atoms with Gasteiger partial charge in [0.05, 0.1) is 0 Å². The number of nitrogens with one attached hydrogen (secondary N) is 2. The molecule has 0 amide bonds. The fourth-order valence-corrected chi connectivity index (χ4v) is 1.55. The van der Waals surface area contributed by atoms with Gasteiger partial charge in [0.15, 0.2) is 0 Å². The van der Waals surface area contributed by atoms with Gasteiger partial charge in [-0.05, 0) is 38.4 Å². The summed E-state index contributed by atoms with van der Waals surface area (Å²) in [5, 5.41) is 6.92. The summed E-state index contributed by atoms with van der Waals surface area (Å²) >= 11 is 0. The van der Waals surface area contributed by atoms with Crippen LogP contribution in [0.25, 0.3) is 0 Å². The topological polar surface area (TPSA) is 24.1 Å². The largest absolute Gasteiger partial charge is 0.316 e. The van der Waals surface area contributed by atoms with Gasteiger partial charge in [0.2, 0.25) is 0 Å². The van der Waals surface area contributed by atoms with Crippen LogP contribution in [0.4, 0.5) is 0 Å². The third-order valence-electron chi connectivity index (χ3n) is 2.36. The fourth-order valence-electron chi connectivity index (χ4n) is 1.55. The number of hydrogen-bond donors (Lipinski definition) is 2. The van der Waals surface area contributed by atoms with E-state index in [0.717, 1.165) is 19.0 Å². The molecule has 0 spiro atoms. The van der Waals surface area contributed by atoms with Gasteiger partial charge < -0.3 is 10.6 Å². The Bertz CT molecular complexity index is 113. The highest BCUT2D eigenvalue weighted by Gasteiger charge is 1.98. The van der Waals surface area contributed by atoms with E-state index in [2.05, 4.69) is 38.3 Å². The zero-order valence-electron chi connectivity index (χ0n) is 10.4. The van der Waals surface area contributed by atoms with Crippen LogP contribution in [0, 0.1) is 5.92 Å². The highest BCUT2D eigenvalue weighted by molar-refractivity contribution is 4.58. The van der Waals surface area contributed by atoms with Gasteiger partial charge in [-0.15, -0.1) is 0 Å². The fraction of sp³-hybridized carbons (Fsp3) is 1.00. The van der Waals surface area contributed by atoms with Crippen LogP contribution in [0.2, 0.25) is 0 Å². The van der Waals surface area contributed by atoms with E-state index in [1.54, 1.807) is 0 Å². The smallest absolute Gasteiger partial charge is 0.00103 e. The highest BCUT2D eigenvalue weighted by atomic mass is 14.9. The second-order valence-electron chi connectivity index (χ2n) is 4.56. The Morgan fingerprint density at radius 2 is 1.79 bits per heavy atom. The van der Waals surface area contributed by atoms with Crippen molar-refractivity contribution in [2.75, 3.05) is 19.6 Å². The van der Waals surface area contributed by atoms with Crippen LogP contribution in [-0.2, 0) is 0 Å². The molecule has 2 N–H and O–H groups in total. The second kappa shape index (κ2) is 9.47. The molecular formula is C12H28N2. The van der Waals surface area contributed by atoms with Gasteiger partial charge in [0.25, 0.3) is 0 Å². The number of hydrogen-bond acceptors (Lipinski definition) is 2. The lowest BCUT2D eigenvalue weighted by Gasteiger charge is -2.12. The van der Waals surface area contributed by atoms with Gasteiger partial charge in [-0.1, -0.05) is 34.1 Å². The van der Waals surface area contributed by atoms with Gasteiger partial charge in [0, 0.05) is 6.04 Å². The quantitative estimate of drug-likeness (QED) is 0.559. The van der Waals surface area contributed by atoms with E-state index in [4.69, 9.17) is 0 Å². The van der Waals surface area contributed by atoms with E-state index in [1.165, 1.54) is 25.8 Å². The molecule has 14 heavy (non-hydrogen) atoms. The van der Waals surface area contributed by atoms with Crippen molar-refractivity contribution in [2.45, 2.75) is 53.0 Å². The van der Waals surface area contributed by atoms with Crippen LogP contribution in [0.3, 0.4) is 0 Å². The molecule has 0 rings (SSSR count). The zero-order chi connectivity index (χ0) is 10.8. The van der Waals surface area contributed by atoms with Gasteiger partial charge in [-0.3, -0.25) is 0 Å². The van der Waals surface area contributed by atoms with Crippen LogP contribution in [-0.4, -0.2) is 25.7 Å².